The second kappa shape index (κ2) is 18.0. The number of hydrogen-bond acceptors (Lipinski definition) is 2. The fourth-order valence-electron chi connectivity index (χ4n) is 0. The molecule has 13 heavy (non-hydrogen) atoms. The van der Waals surface area contributed by atoms with Crippen molar-refractivity contribution in [2.75, 3.05) is 13.1 Å². The van der Waals surface area contributed by atoms with Crippen LogP contribution in [0.3, 0.4) is 0 Å². The van der Waals surface area contributed by atoms with Crippen molar-refractivity contribution in [1.29, 1.82) is 0 Å². The Morgan fingerprint density at radius 3 is 1.15 bits per heavy atom. The SMILES string of the molecule is [Cl][Pt+2][Cl].[NH-]CC(=O)O.[NH-]CC(=O)O. The van der Waals surface area contributed by atoms with Gasteiger partial charge in [-0.3, -0.25) is 9.59 Å². The van der Waals surface area contributed by atoms with Gasteiger partial charge in [-0.15, -0.1) is 0 Å². The van der Waals surface area contributed by atoms with E-state index < -0.39 is 41.5 Å². The number of halogens is 2. The fraction of sp³-hybridized carbons (Fsp3) is 0.500. The number of rotatable bonds is 2. The number of nitrogens with one attached hydrogen (secondary N) is 2. The minimum Gasteiger partial charge on any atom is -0.668 e. The van der Waals surface area contributed by atoms with Crippen LogP contribution in [0.15, 0.2) is 0 Å². The summed E-state index contributed by atoms with van der Waals surface area (Å²) in [7, 11) is 9.75. The summed E-state index contributed by atoms with van der Waals surface area (Å²) in [5.74, 6) is -2.16. The van der Waals surface area contributed by atoms with Gasteiger partial charge in [-0.1, -0.05) is 13.1 Å². The van der Waals surface area contributed by atoms with E-state index in [0.29, 0.717) is 0 Å². The normalized spacial score (nSPS) is 7.38. The van der Waals surface area contributed by atoms with Gasteiger partial charge >= 0.3 is 35.3 Å². The van der Waals surface area contributed by atoms with Gasteiger partial charge in [-0.05, 0) is 0 Å². The molecule has 0 aliphatic heterocycles. The molecule has 0 unspecified atom stereocenters. The quantitative estimate of drug-likeness (QED) is 0.713. The Bertz CT molecular complexity index is 123. The minimum atomic E-state index is -1.08. The number of aliphatic carboxylic acids is 2. The summed E-state index contributed by atoms with van der Waals surface area (Å²) >= 11 is -0.472. The van der Waals surface area contributed by atoms with Crippen LogP contribution in [0.2, 0.25) is 0 Å². The number of carbonyl (C=O) groups is 2. The van der Waals surface area contributed by atoms with E-state index in [2.05, 4.69) is 0 Å². The largest absolute Gasteiger partial charge is 0.668 e. The Morgan fingerprint density at radius 1 is 1.08 bits per heavy atom. The van der Waals surface area contributed by atoms with E-state index >= 15 is 0 Å². The third kappa shape index (κ3) is 73.0. The maximum Gasteiger partial charge on any atom is 0.282 e. The monoisotopic (exact) mass is 413 g/mol. The smallest absolute Gasteiger partial charge is 0.282 e. The van der Waals surface area contributed by atoms with Gasteiger partial charge in [0.2, 0.25) is 0 Å². The molecular formula is C4H8Cl2N2O4Pt. The minimum absolute atomic E-state index is 0.472. The van der Waals surface area contributed by atoms with Crippen molar-refractivity contribution < 1.29 is 36.3 Å². The summed E-state index contributed by atoms with van der Waals surface area (Å²) in [5.41, 5.74) is 12.1. The average molecular weight is 414 g/mol. The molecule has 0 amide bonds. The van der Waals surface area contributed by atoms with Gasteiger partial charge in [0.1, 0.15) is 0 Å². The molecule has 82 valence electrons. The van der Waals surface area contributed by atoms with Crippen molar-refractivity contribution in [3.8, 4) is 0 Å². The van der Waals surface area contributed by atoms with Gasteiger partial charge in [0.05, 0.1) is 0 Å². The van der Waals surface area contributed by atoms with Gasteiger partial charge in [0.25, 0.3) is 11.9 Å². The van der Waals surface area contributed by atoms with E-state index in [1.54, 1.807) is 0 Å². The Morgan fingerprint density at radius 2 is 1.15 bits per heavy atom. The van der Waals surface area contributed by atoms with E-state index in [1.165, 1.54) is 0 Å². The van der Waals surface area contributed by atoms with E-state index in [4.69, 9.17) is 40.5 Å². The van der Waals surface area contributed by atoms with Gasteiger partial charge in [0, 0.05) is 0 Å². The maximum atomic E-state index is 9.18. The van der Waals surface area contributed by atoms with Crippen LogP contribution < -0.4 is 0 Å². The maximum absolute atomic E-state index is 9.18. The molecule has 0 saturated carbocycles. The van der Waals surface area contributed by atoms with Crippen molar-refractivity contribution in [2.45, 2.75) is 0 Å². The standard InChI is InChI=1S/2C2H4NO2.2ClH.Pt/c2*3-1-2(4)5;;;/h2*3H,1H2,(H,4,5);2*1H;/q2*-1;;;+4/p-2. The summed E-state index contributed by atoms with van der Waals surface area (Å²) in [6.45, 7) is -1.06. The van der Waals surface area contributed by atoms with Crippen LogP contribution in [0.4, 0.5) is 0 Å². The molecule has 0 spiro atoms. The van der Waals surface area contributed by atoms with E-state index in [9.17, 15) is 9.59 Å². The first-order valence-electron chi connectivity index (χ1n) is 2.51. The molecular weight excluding hydrogens is 406 g/mol. The molecule has 0 aromatic rings. The molecule has 6 nitrogen and oxygen atoms in total. The average Bonchev–Trinajstić information content (AvgIpc) is 2.07. The Labute approximate surface area is 91.6 Å². The zero-order valence-electron chi connectivity index (χ0n) is 6.20. The van der Waals surface area contributed by atoms with Crippen LogP contribution in [0.1, 0.15) is 0 Å². The van der Waals surface area contributed by atoms with E-state index in [0.717, 1.165) is 0 Å². The molecule has 0 aliphatic rings. The Hall–Kier alpha value is 0.128. The third-order valence-corrected chi connectivity index (χ3v) is 0.302. The first-order valence-corrected chi connectivity index (χ1v) is 8.14. The molecule has 0 bridgehead atoms. The van der Waals surface area contributed by atoms with Crippen LogP contribution in [0.25, 0.3) is 11.5 Å². The second-order valence-electron chi connectivity index (χ2n) is 1.19. The van der Waals surface area contributed by atoms with Crippen LogP contribution in [-0.4, -0.2) is 35.2 Å². The molecule has 0 atom stereocenters. The van der Waals surface area contributed by atoms with Crippen molar-refractivity contribution in [1.82, 2.24) is 0 Å². The molecule has 0 radical (unpaired) electrons. The van der Waals surface area contributed by atoms with Crippen molar-refractivity contribution in [2.24, 2.45) is 0 Å². The summed E-state index contributed by atoms with van der Waals surface area (Å²) < 4.78 is 0. The molecule has 0 saturated heterocycles. The zero-order chi connectivity index (χ0) is 11.3. The predicted octanol–water partition coefficient (Wildman–Crippen LogP) is 1.62. The molecule has 0 rings (SSSR count). The van der Waals surface area contributed by atoms with Gasteiger partial charge < -0.3 is 21.7 Å². The fourth-order valence-corrected chi connectivity index (χ4v) is 0. The molecule has 0 fully saturated rings. The van der Waals surface area contributed by atoms with E-state index in [-0.39, 0.29) is 0 Å². The van der Waals surface area contributed by atoms with Crippen LogP contribution in [-0.2, 0) is 26.1 Å². The predicted molar refractivity (Wildman–Crippen MR) is 45.4 cm³/mol. The van der Waals surface area contributed by atoms with Gasteiger partial charge in [0.15, 0.2) is 0 Å². The van der Waals surface area contributed by atoms with Crippen LogP contribution in [0.5, 0.6) is 0 Å². The first-order chi connectivity index (χ1) is 5.95. The summed E-state index contributed by atoms with van der Waals surface area (Å²) in [6.07, 6.45) is 0. The summed E-state index contributed by atoms with van der Waals surface area (Å²) in [6, 6.07) is 0. The molecule has 0 aromatic heterocycles. The Balaban J connectivity index is -0.000000120. The number of hydrogen-bond donors (Lipinski definition) is 2. The summed E-state index contributed by atoms with van der Waals surface area (Å²) in [5, 5.41) is 15.1. The van der Waals surface area contributed by atoms with Crippen molar-refractivity contribution in [3.63, 3.8) is 0 Å². The molecule has 9 heteroatoms. The first kappa shape index (κ1) is 18.8. The van der Waals surface area contributed by atoms with Crippen molar-refractivity contribution in [3.05, 3.63) is 11.5 Å². The topological polar surface area (TPSA) is 122 Å². The zero-order valence-corrected chi connectivity index (χ0v) is 9.98. The van der Waals surface area contributed by atoms with Crippen LogP contribution in [0, 0.1) is 0 Å². The summed E-state index contributed by atoms with van der Waals surface area (Å²) in [4.78, 5) is 18.4. The van der Waals surface area contributed by atoms with Gasteiger partial charge in [-0.2, -0.15) is 0 Å². The van der Waals surface area contributed by atoms with Gasteiger partial charge in [-0.25, -0.2) is 0 Å². The number of carboxylic acids is 2. The molecule has 0 heterocycles. The third-order valence-electron chi connectivity index (χ3n) is 0.302. The molecule has 0 aromatic carbocycles. The molecule has 4 N–H and O–H groups in total. The number of carboxylic acid groups (broad SMARTS) is 2. The van der Waals surface area contributed by atoms with Crippen LogP contribution >= 0.6 is 18.8 Å². The van der Waals surface area contributed by atoms with E-state index in [1.807, 2.05) is 0 Å². The molecule has 0 aliphatic carbocycles. The van der Waals surface area contributed by atoms with Crippen molar-refractivity contribution >= 4 is 30.8 Å². The second-order valence-corrected chi connectivity index (χ2v) is 4.47. The Kier molecular flexibility index (Phi) is 26.1.